The number of aromatic nitrogens is 1. The van der Waals surface area contributed by atoms with Gasteiger partial charge < -0.3 is 20.7 Å². The fourth-order valence-electron chi connectivity index (χ4n) is 3.86. The molecule has 0 spiro atoms. The predicted molar refractivity (Wildman–Crippen MR) is 139 cm³/mol. The van der Waals surface area contributed by atoms with Crippen LogP contribution in [0.3, 0.4) is 0 Å². The molecule has 10 heteroatoms. The normalized spacial score (nSPS) is 12.6. The Hall–Kier alpha value is -3.72. The van der Waals surface area contributed by atoms with Crippen LogP contribution in [0.15, 0.2) is 77.3 Å². The highest BCUT2D eigenvalue weighted by Gasteiger charge is 2.24. The van der Waals surface area contributed by atoms with E-state index in [4.69, 9.17) is 33.5 Å². The highest BCUT2D eigenvalue weighted by Crippen LogP contribution is 2.28. The summed E-state index contributed by atoms with van der Waals surface area (Å²) in [6.45, 7) is 0. The third-order valence-electron chi connectivity index (χ3n) is 5.75. The Morgan fingerprint density at radius 3 is 2.46 bits per heavy atom. The van der Waals surface area contributed by atoms with Crippen LogP contribution in [0, 0.1) is 5.82 Å². The van der Waals surface area contributed by atoms with Gasteiger partial charge in [0, 0.05) is 28.3 Å². The van der Waals surface area contributed by atoms with Gasteiger partial charge in [-0.2, -0.15) is 0 Å². The van der Waals surface area contributed by atoms with Gasteiger partial charge in [-0.15, -0.1) is 0 Å². The number of hydrogen-bond acceptors (Lipinski definition) is 5. The zero-order valence-corrected chi connectivity index (χ0v) is 20.8. The average Bonchev–Trinajstić information content (AvgIpc) is 3.36. The summed E-state index contributed by atoms with van der Waals surface area (Å²) >= 11 is 12.2. The van der Waals surface area contributed by atoms with Gasteiger partial charge >= 0.3 is 5.97 Å². The summed E-state index contributed by atoms with van der Waals surface area (Å²) < 4.78 is 19.4. The van der Waals surface area contributed by atoms with Crippen molar-refractivity contribution in [2.75, 3.05) is 0 Å². The molecule has 0 aliphatic heterocycles. The first-order valence-corrected chi connectivity index (χ1v) is 12.0. The topological polar surface area (TPSA) is 118 Å². The van der Waals surface area contributed by atoms with E-state index >= 15 is 0 Å². The zero-order valence-electron chi connectivity index (χ0n) is 19.3. The molecule has 37 heavy (non-hydrogen) atoms. The van der Waals surface area contributed by atoms with Crippen LogP contribution in [0.2, 0.25) is 10.0 Å². The minimum absolute atomic E-state index is 0.0305. The number of carbonyl (C=O) groups excluding carboxylic acids is 1. The number of nitrogens with zero attached hydrogens (tertiary/aromatic N) is 1. The SMILES string of the molecule is N[C@H](C[C@@H](Cc1ccc(-c2cc(Cl)ccc2F)cc1)NC(=O)c1cc(-c2ccccc2Cl)no1)C(=O)O. The van der Waals surface area contributed by atoms with Gasteiger partial charge in [-0.1, -0.05) is 70.8 Å². The Morgan fingerprint density at radius 1 is 1.03 bits per heavy atom. The van der Waals surface area contributed by atoms with Crippen molar-refractivity contribution in [1.82, 2.24) is 10.5 Å². The molecular formula is C27H22Cl2FN3O4. The van der Waals surface area contributed by atoms with Gasteiger partial charge in [0.05, 0.1) is 5.02 Å². The molecule has 1 aromatic heterocycles. The average molecular weight is 542 g/mol. The molecule has 7 nitrogen and oxygen atoms in total. The van der Waals surface area contributed by atoms with Crippen LogP contribution in [0.1, 0.15) is 22.5 Å². The molecule has 0 unspecified atom stereocenters. The third kappa shape index (κ3) is 6.54. The monoisotopic (exact) mass is 541 g/mol. The molecule has 190 valence electrons. The quantitative estimate of drug-likeness (QED) is 0.254. The van der Waals surface area contributed by atoms with Crippen LogP contribution >= 0.6 is 23.2 Å². The first kappa shape index (κ1) is 26.3. The second-order valence-corrected chi connectivity index (χ2v) is 9.28. The van der Waals surface area contributed by atoms with Crippen molar-refractivity contribution < 1.29 is 23.6 Å². The standard InChI is InChI=1S/C27H22Cl2FN3O4/c28-17-9-10-22(30)20(12-17)16-7-5-15(6-8-16)11-18(13-23(31)27(35)36)32-26(34)25-14-24(33-37-25)19-3-1-2-4-21(19)29/h1-10,12,14,18,23H,11,13,31H2,(H,32,34)(H,35,36)/t18-,23-/m1/s1. The largest absolute Gasteiger partial charge is 0.480 e. The van der Waals surface area contributed by atoms with E-state index in [0.717, 1.165) is 5.56 Å². The number of rotatable bonds is 9. The Labute approximate surface area is 222 Å². The number of benzene rings is 3. The third-order valence-corrected chi connectivity index (χ3v) is 6.31. The molecule has 0 aliphatic rings. The number of carboxylic acids is 1. The Bertz CT molecular complexity index is 1430. The second kappa shape index (κ2) is 11.6. The number of carboxylic acid groups (broad SMARTS) is 1. The number of nitrogens with one attached hydrogen (secondary N) is 1. The van der Waals surface area contributed by atoms with Gasteiger partial charge in [0.2, 0.25) is 5.76 Å². The van der Waals surface area contributed by atoms with Crippen molar-refractivity contribution in [2.45, 2.75) is 24.9 Å². The minimum Gasteiger partial charge on any atom is -0.480 e. The summed E-state index contributed by atoms with van der Waals surface area (Å²) in [5.74, 6) is -2.23. The predicted octanol–water partition coefficient (Wildman–Crippen LogP) is 5.60. The fourth-order valence-corrected chi connectivity index (χ4v) is 4.26. The Balaban J connectivity index is 1.51. The van der Waals surface area contributed by atoms with Crippen LogP contribution in [0.4, 0.5) is 4.39 Å². The number of halogens is 3. The second-order valence-electron chi connectivity index (χ2n) is 8.43. The maximum absolute atomic E-state index is 14.2. The lowest BCUT2D eigenvalue weighted by atomic mass is 9.97. The van der Waals surface area contributed by atoms with Crippen molar-refractivity contribution in [3.8, 4) is 22.4 Å². The molecule has 4 rings (SSSR count). The van der Waals surface area contributed by atoms with Crippen molar-refractivity contribution in [3.63, 3.8) is 0 Å². The molecule has 3 aromatic carbocycles. The van der Waals surface area contributed by atoms with E-state index in [1.807, 2.05) is 0 Å². The first-order chi connectivity index (χ1) is 17.7. The molecule has 0 saturated carbocycles. The van der Waals surface area contributed by atoms with Crippen LogP contribution in [0.25, 0.3) is 22.4 Å². The first-order valence-electron chi connectivity index (χ1n) is 11.3. The van der Waals surface area contributed by atoms with E-state index in [2.05, 4.69) is 10.5 Å². The van der Waals surface area contributed by atoms with Crippen LogP contribution < -0.4 is 11.1 Å². The highest BCUT2D eigenvalue weighted by atomic mass is 35.5. The molecule has 0 bridgehead atoms. The maximum atomic E-state index is 14.2. The number of hydrogen-bond donors (Lipinski definition) is 3. The van der Waals surface area contributed by atoms with E-state index in [1.165, 1.54) is 24.3 Å². The maximum Gasteiger partial charge on any atom is 0.320 e. The molecule has 1 amide bonds. The Kier molecular flexibility index (Phi) is 8.23. The Morgan fingerprint density at radius 2 is 1.76 bits per heavy atom. The number of nitrogens with two attached hydrogens (primary N) is 1. The van der Waals surface area contributed by atoms with E-state index in [1.54, 1.807) is 48.5 Å². The van der Waals surface area contributed by atoms with Crippen molar-refractivity contribution >= 4 is 35.1 Å². The molecule has 0 radical (unpaired) electrons. The van der Waals surface area contributed by atoms with Crippen LogP contribution in [0.5, 0.6) is 0 Å². The summed E-state index contributed by atoms with van der Waals surface area (Å²) in [7, 11) is 0. The van der Waals surface area contributed by atoms with E-state index in [-0.39, 0.29) is 18.6 Å². The smallest absolute Gasteiger partial charge is 0.320 e. The number of carbonyl (C=O) groups is 2. The lowest BCUT2D eigenvalue weighted by Gasteiger charge is -2.20. The molecule has 2 atom stereocenters. The molecule has 4 N–H and O–H groups in total. The molecule has 0 fully saturated rings. The van der Waals surface area contributed by atoms with Gasteiger partial charge in [0.1, 0.15) is 17.6 Å². The van der Waals surface area contributed by atoms with E-state index < -0.39 is 29.8 Å². The summed E-state index contributed by atoms with van der Waals surface area (Å²) in [6, 6.07) is 17.9. The van der Waals surface area contributed by atoms with Gasteiger partial charge in [-0.25, -0.2) is 4.39 Å². The molecule has 1 heterocycles. The number of aliphatic carboxylic acids is 1. The van der Waals surface area contributed by atoms with Gasteiger partial charge in [-0.3, -0.25) is 9.59 Å². The summed E-state index contributed by atoms with van der Waals surface area (Å²) in [5.41, 5.74) is 8.51. The van der Waals surface area contributed by atoms with Crippen LogP contribution in [-0.2, 0) is 11.2 Å². The molecular weight excluding hydrogens is 520 g/mol. The fraction of sp³-hybridized carbons (Fsp3) is 0.148. The van der Waals surface area contributed by atoms with Gasteiger partial charge in [-0.05, 0) is 48.2 Å². The van der Waals surface area contributed by atoms with E-state index in [9.17, 15) is 19.1 Å². The highest BCUT2D eigenvalue weighted by molar-refractivity contribution is 6.33. The van der Waals surface area contributed by atoms with Crippen LogP contribution in [-0.4, -0.2) is 34.2 Å². The lowest BCUT2D eigenvalue weighted by Crippen LogP contribution is -2.43. The van der Waals surface area contributed by atoms with Crippen molar-refractivity contribution in [1.29, 1.82) is 0 Å². The summed E-state index contributed by atoms with van der Waals surface area (Å²) in [5, 5.41) is 16.9. The van der Waals surface area contributed by atoms with E-state index in [0.29, 0.717) is 32.4 Å². The summed E-state index contributed by atoms with van der Waals surface area (Å²) in [6.07, 6.45) is 0.244. The van der Waals surface area contributed by atoms with Gasteiger partial charge in [0.15, 0.2) is 0 Å². The number of amides is 1. The van der Waals surface area contributed by atoms with Gasteiger partial charge in [0.25, 0.3) is 5.91 Å². The molecule has 0 aliphatic carbocycles. The molecule has 4 aromatic rings. The lowest BCUT2D eigenvalue weighted by molar-refractivity contribution is -0.138. The summed E-state index contributed by atoms with van der Waals surface area (Å²) in [4.78, 5) is 24.3. The molecule has 0 saturated heterocycles. The zero-order chi connectivity index (χ0) is 26.5. The van der Waals surface area contributed by atoms with Crippen molar-refractivity contribution in [2.24, 2.45) is 5.73 Å². The minimum atomic E-state index is -1.20. The van der Waals surface area contributed by atoms with Crippen molar-refractivity contribution in [3.05, 3.63) is 100.0 Å².